The molecular weight excluding hydrogens is 222 g/mol. The molecule has 1 N–H and O–H groups in total. The molecule has 1 unspecified atom stereocenters. The topological polar surface area (TPSA) is 39.1 Å². The predicted molar refractivity (Wildman–Crippen MR) is 74.2 cm³/mol. The van der Waals surface area contributed by atoms with Crippen molar-refractivity contribution < 1.29 is 0 Å². The smallest absolute Gasteiger partial charge is 0.108 e. The van der Waals surface area contributed by atoms with Crippen molar-refractivity contribution in [2.75, 3.05) is 13.6 Å². The summed E-state index contributed by atoms with van der Waals surface area (Å²) < 4.78 is 0. The third-order valence-electron chi connectivity index (χ3n) is 4.66. The molecule has 0 amide bonds. The number of nitriles is 1. The molecule has 1 atom stereocenters. The quantitative estimate of drug-likeness (QED) is 0.786. The van der Waals surface area contributed by atoms with Crippen LogP contribution in [-0.2, 0) is 0 Å². The average Bonchev–Trinajstić information content (AvgIpc) is 3.22. The molecule has 0 saturated heterocycles. The lowest BCUT2D eigenvalue weighted by Gasteiger charge is -2.35. The fourth-order valence-corrected chi connectivity index (χ4v) is 3.10. The Hall–Kier alpha value is -0.590. The molecule has 0 heterocycles. The second-order valence-corrected chi connectivity index (χ2v) is 6.14. The Morgan fingerprint density at radius 2 is 1.89 bits per heavy atom. The largest absolute Gasteiger partial charge is 0.301 e. The molecule has 2 aliphatic rings. The van der Waals surface area contributed by atoms with E-state index in [1.54, 1.807) is 0 Å². The van der Waals surface area contributed by atoms with Crippen LogP contribution in [0.1, 0.15) is 51.9 Å². The molecule has 102 valence electrons. The highest BCUT2D eigenvalue weighted by molar-refractivity contribution is 4.98. The van der Waals surface area contributed by atoms with Crippen LogP contribution >= 0.6 is 0 Å². The van der Waals surface area contributed by atoms with Gasteiger partial charge in [0.2, 0.25) is 0 Å². The van der Waals surface area contributed by atoms with Crippen LogP contribution in [0.3, 0.4) is 0 Å². The molecular formula is C15H27N3. The predicted octanol–water partition coefficient (Wildman–Crippen LogP) is 2.53. The first kappa shape index (κ1) is 13.8. The molecule has 2 aliphatic carbocycles. The molecule has 0 aromatic carbocycles. The minimum absolute atomic E-state index is 0.0198. The van der Waals surface area contributed by atoms with E-state index in [2.05, 4.69) is 30.3 Å². The van der Waals surface area contributed by atoms with Crippen LogP contribution in [0, 0.1) is 17.2 Å². The summed E-state index contributed by atoms with van der Waals surface area (Å²) in [7, 11) is 2.19. The van der Waals surface area contributed by atoms with E-state index < -0.39 is 0 Å². The Balaban J connectivity index is 1.73. The first-order chi connectivity index (χ1) is 8.72. The Morgan fingerprint density at radius 1 is 1.22 bits per heavy atom. The van der Waals surface area contributed by atoms with Crippen molar-refractivity contribution in [3.05, 3.63) is 0 Å². The summed E-state index contributed by atoms with van der Waals surface area (Å²) in [5.41, 5.74) is 0. The third-order valence-corrected chi connectivity index (χ3v) is 4.66. The van der Waals surface area contributed by atoms with Gasteiger partial charge in [-0.3, -0.25) is 5.32 Å². The summed E-state index contributed by atoms with van der Waals surface area (Å²) in [4.78, 5) is 2.41. The Labute approximate surface area is 112 Å². The minimum Gasteiger partial charge on any atom is -0.301 e. The molecule has 0 aromatic rings. The van der Waals surface area contributed by atoms with Gasteiger partial charge in [0.1, 0.15) is 6.04 Å². The second kappa shape index (κ2) is 6.54. The van der Waals surface area contributed by atoms with Crippen molar-refractivity contribution in [3.8, 4) is 6.07 Å². The summed E-state index contributed by atoms with van der Waals surface area (Å²) in [6, 6.07) is 3.75. The van der Waals surface area contributed by atoms with Crippen molar-refractivity contribution in [2.24, 2.45) is 5.92 Å². The van der Waals surface area contributed by atoms with E-state index in [0.717, 1.165) is 12.5 Å². The minimum atomic E-state index is 0.0198. The fraction of sp³-hybridized carbons (Fsp3) is 0.933. The molecule has 0 aromatic heterocycles. The van der Waals surface area contributed by atoms with Crippen LogP contribution < -0.4 is 5.32 Å². The molecule has 2 saturated carbocycles. The molecule has 3 heteroatoms. The van der Waals surface area contributed by atoms with Gasteiger partial charge >= 0.3 is 0 Å². The van der Waals surface area contributed by atoms with Crippen molar-refractivity contribution in [1.82, 2.24) is 10.2 Å². The van der Waals surface area contributed by atoms with E-state index in [9.17, 15) is 5.26 Å². The number of hydrogen-bond donors (Lipinski definition) is 1. The Morgan fingerprint density at radius 3 is 2.39 bits per heavy atom. The van der Waals surface area contributed by atoms with Crippen molar-refractivity contribution in [1.29, 1.82) is 5.26 Å². The van der Waals surface area contributed by atoms with E-state index in [4.69, 9.17) is 0 Å². The van der Waals surface area contributed by atoms with Crippen molar-refractivity contribution >= 4 is 0 Å². The third kappa shape index (κ3) is 3.96. The van der Waals surface area contributed by atoms with Gasteiger partial charge in [0, 0.05) is 18.6 Å². The van der Waals surface area contributed by atoms with Crippen LogP contribution in [0.2, 0.25) is 0 Å². The number of nitrogens with zero attached hydrogens (tertiary/aromatic N) is 2. The average molecular weight is 249 g/mol. The number of nitrogens with one attached hydrogen (secondary N) is 1. The number of hydrogen-bond acceptors (Lipinski definition) is 3. The van der Waals surface area contributed by atoms with E-state index >= 15 is 0 Å². The van der Waals surface area contributed by atoms with E-state index in [1.807, 2.05) is 0 Å². The number of likely N-dealkylation sites (N-methyl/N-ethyl adjacent to an activating group) is 1. The van der Waals surface area contributed by atoms with Gasteiger partial charge in [-0.1, -0.05) is 13.3 Å². The number of rotatable bonds is 6. The van der Waals surface area contributed by atoms with Gasteiger partial charge < -0.3 is 4.90 Å². The summed E-state index contributed by atoms with van der Waals surface area (Å²) >= 11 is 0. The normalized spacial score (nSPS) is 30.1. The molecule has 18 heavy (non-hydrogen) atoms. The SMILES string of the molecule is CCC1CCC(N(C)CC(C#N)NC2CC2)CC1. The Bertz CT molecular complexity index is 285. The highest BCUT2D eigenvalue weighted by atomic mass is 15.2. The zero-order valence-electron chi connectivity index (χ0n) is 11.9. The maximum atomic E-state index is 9.19. The zero-order valence-corrected chi connectivity index (χ0v) is 11.9. The molecule has 3 nitrogen and oxygen atoms in total. The van der Waals surface area contributed by atoms with Crippen LogP contribution in [-0.4, -0.2) is 36.6 Å². The highest BCUT2D eigenvalue weighted by Crippen LogP contribution is 2.29. The van der Waals surface area contributed by atoms with Gasteiger partial charge in [-0.25, -0.2) is 0 Å². The van der Waals surface area contributed by atoms with Gasteiger partial charge in [0.25, 0.3) is 0 Å². The van der Waals surface area contributed by atoms with Crippen LogP contribution in [0.15, 0.2) is 0 Å². The zero-order chi connectivity index (χ0) is 13.0. The molecule has 0 spiro atoms. The van der Waals surface area contributed by atoms with Gasteiger partial charge in [-0.15, -0.1) is 0 Å². The summed E-state index contributed by atoms with van der Waals surface area (Å²) in [6.45, 7) is 3.19. The molecule has 0 aliphatic heterocycles. The lowest BCUT2D eigenvalue weighted by Crippen LogP contribution is -2.44. The van der Waals surface area contributed by atoms with Gasteiger partial charge in [0.05, 0.1) is 6.07 Å². The summed E-state index contributed by atoms with van der Waals surface area (Å²) in [6.07, 6.45) is 9.22. The van der Waals surface area contributed by atoms with Gasteiger partial charge in [-0.2, -0.15) is 5.26 Å². The molecule has 0 bridgehead atoms. The molecule has 2 rings (SSSR count). The first-order valence-corrected chi connectivity index (χ1v) is 7.58. The van der Waals surface area contributed by atoms with E-state index in [0.29, 0.717) is 12.1 Å². The maximum Gasteiger partial charge on any atom is 0.108 e. The summed E-state index contributed by atoms with van der Waals surface area (Å²) in [5.74, 6) is 0.950. The van der Waals surface area contributed by atoms with Crippen molar-refractivity contribution in [3.63, 3.8) is 0 Å². The first-order valence-electron chi connectivity index (χ1n) is 7.58. The van der Waals surface area contributed by atoms with Crippen LogP contribution in [0.4, 0.5) is 0 Å². The Kier molecular flexibility index (Phi) is 5.03. The maximum absolute atomic E-state index is 9.19. The standard InChI is InChI=1S/C15H27N3/c1-3-12-4-8-15(9-5-12)18(2)11-14(10-16)17-13-6-7-13/h12-15,17H,3-9,11H2,1-2H3. The fourth-order valence-electron chi connectivity index (χ4n) is 3.10. The monoisotopic (exact) mass is 249 g/mol. The molecule has 2 fully saturated rings. The van der Waals surface area contributed by atoms with Crippen LogP contribution in [0.5, 0.6) is 0 Å². The van der Waals surface area contributed by atoms with Crippen molar-refractivity contribution in [2.45, 2.75) is 70.0 Å². The second-order valence-electron chi connectivity index (χ2n) is 6.14. The summed E-state index contributed by atoms with van der Waals surface area (Å²) in [5, 5.41) is 12.6. The van der Waals surface area contributed by atoms with Gasteiger partial charge in [0.15, 0.2) is 0 Å². The van der Waals surface area contributed by atoms with E-state index in [-0.39, 0.29) is 6.04 Å². The molecule has 0 radical (unpaired) electrons. The van der Waals surface area contributed by atoms with E-state index in [1.165, 1.54) is 44.9 Å². The lowest BCUT2D eigenvalue weighted by atomic mass is 9.84. The van der Waals surface area contributed by atoms with Gasteiger partial charge in [-0.05, 0) is 51.5 Å². The highest BCUT2D eigenvalue weighted by Gasteiger charge is 2.28. The van der Waals surface area contributed by atoms with Crippen LogP contribution in [0.25, 0.3) is 0 Å². The lowest BCUT2D eigenvalue weighted by molar-refractivity contribution is 0.157.